The van der Waals surface area contributed by atoms with Crippen LogP contribution in [0.5, 0.6) is 0 Å². The number of hydrogen-bond acceptors (Lipinski definition) is 7. The molecule has 7 nitrogen and oxygen atoms in total. The Balaban J connectivity index is 1.55. The maximum atomic E-state index is 12.1. The molecule has 0 radical (unpaired) electrons. The average Bonchev–Trinajstić information content (AvgIpc) is 3.10. The van der Waals surface area contributed by atoms with Gasteiger partial charge in [-0.2, -0.15) is 11.8 Å². The van der Waals surface area contributed by atoms with E-state index in [2.05, 4.69) is 15.3 Å². The van der Waals surface area contributed by atoms with Gasteiger partial charge in [-0.1, -0.05) is 11.8 Å². The molecule has 1 aliphatic rings. The Hall–Kier alpha value is -2.26. The molecule has 0 fully saturated rings. The Morgan fingerprint density at radius 1 is 1.31 bits per heavy atom. The van der Waals surface area contributed by atoms with Crippen molar-refractivity contribution >= 4 is 41.1 Å². The summed E-state index contributed by atoms with van der Waals surface area (Å²) >= 11 is 2.83. The molecule has 1 amide bonds. The van der Waals surface area contributed by atoms with Gasteiger partial charge < -0.3 is 15.0 Å². The van der Waals surface area contributed by atoms with Gasteiger partial charge in [-0.15, -0.1) is 0 Å². The highest BCUT2D eigenvalue weighted by Gasteiger charge is 2.18. The van der Waals surface area contributed by atoms with E-state index in [1.54, 1.807) is 43.0 Å². The van der Waals surface area contributed by atoms with E-state index in [9.17, 15) is 14.4 Å². The van der Waals surface area contributed by atoms with Gasteiger partial charge in [0.1, 0.15) is 0 Å². The number of hydrogen-bond donors (Lipinski definition) is 2. The van der Waals surface area contributed by atoms with Crippen LogP contribution in [0.15, 0.2) is 34.2 Å². The minimum absolute atomic E-state index is 0.120. The van der Waals surface area contributed by atoms with Crippen molar-refractivity contribution in [1.82, 2.24) is 9.97 Å². The maximum Gasteiger partial charge on any atom is 0.338 e. The SMILES string of the molecule is CCOC(=O)c1ccc(NC(=O)CSc2nc3c(c(=O)[nH]2)CSC3)cc1. The number of ether oxygens (including phenoxy) is 1. The highest BCUT2D eigenvalue weighted by Crippen LogP contribution is 2.26. The van der Waals surface area contributed by atoms with Crippen LogP contribution < -0.4 is 10.9 Å². The van der Waals surface area contributed by atoms with Crippen LogP contribution in [0.4, 0.5) is 5.69 Å². The molecule has 1 aliphatic heterocycles. The van der Waals surface area contributed by atoms with E-state index >= 15 is 0 Å². The fourth-order valence-corrected chi connectivity index (χ4v) is 4.06. The van der Waals surface area contributed by atoms with Crippen LogP contribution in [0, 0.1) is 0 Å². The van der Waals surface area contributed by atoms with Crippen molar-refractivity contribution in [2.45, 2.75) is 23.6 Å². The van der Waals surface area contributed by atoms with Crippen LogP contribution >= 0.6 is 23.5 Å². The molecule has 2 aromatic rings. The van der Waals surface area contributed by atoms with Crippen LogP contribution in [0.1, 0.15) is 28.5 Å². The summed E-state index contributed by atoms with van der Waals surface area (Å²) in [5.74, 6) is 0.910. The number of esters is 1. The molecule has 9 heteroatoms. The summed E-state index contributed by atoms with van der Waals surface area (Å²) in [7, 11) is 0. The fourth-order valence-electron chi connectivity index (χ4n) is 2.34. The largest absolute Gasteiger partial charge is 0.462 e. The van der Waals surface area contributed by atoms with Gasteiger partial charge in [0.15, 0.2) is 5.16 Å². The summed E-state index contributed by atoms with van der Waals surface area (Å²) in [6.07, 6.45) is 0. The van der Waals surface area contributed by atoms with Crippen LogP contribution in [0.3, 0.4) is 0 Å². The third-order valence-corrected chi connectivity index (χ3v) is 5.43. The van der Waals surface area contributed by atoms with Gasteiger partial charge in [-0.25, -0.2) is 9.78 Å². The summed E-state index contributed by atoms with van der Waals surface area (Å²) in [5, 5.41) is 3.19. The van der Waals surface area contributed by atoms with E-state index < -0.39 is 5.97 Å². The lowest BCUT2D eigenvalue weighted by Crippen LogP contribution is -2.17. The van der Waals surface area contributed by atoms with Crippen molar-refractivity contribution in [2.75, 3.05) is 17.7 Å². The first kappa shape index (κ1) is 18.5. The molecule has 1 aromatic carbocycles. The standard InChI is InChI=1S/C17H17N3O4S2/c1-2-24-16(23)10-3-5-11(6-4-10)18-14(21)9-26-17-19-13-8-25-7-12(13)15(22)20-17/h3-6H,2,7-9H2,1H3,(H,18,21)(H,19,20,22). The number of nitrogens with one attached hydrogen (secondary N) is 2. The number of benzene rings is 1. The molecule has 0 saturated carbocycles. The molecule has 0 bridgehead atoms. The first-order chi connectivity index (χ1) is 12.6. The molecule has 2 heterocycles. The number of aromatic nitrogens is 2. The zero-order chi connectivity index (χ0) is 18.5. The number of thioether (sulfide) groups is 2. The molecule has 0 atom stereocenters. The predicted molar refractivity (Wildman–Crippen MR) is 102 cm³/mol. The van der Waals surface area contributed by atoms with Gasteiger partial charge in [0.25, 0.3) is 5.56 Å². The van der Waals surface area contributed by atoms with E-state index in [1.165, 1.54) is 11.8 Å². The maximum absolute atomic E-state index is 12.1. The van der Waals surface area contributed by atoms with Gasteiger partial charge in [-0.3, -0.25) is 9.59 Å². The monoisotopic (exact) mass is 391 g/mol. The average molecular weight is 391 g/mol. The molecule has 0 spiro atoms. The Morgan fingerprint density at radius 3 is 2.81 bits per heavy atom. The summed E-state index contributed by atoms with van der Waals surface area (Å²) in [4.78, 5) is 42.7. The lowest BCUT2D eigenvalue weighted by molar-refractivity contribution is -0.113. The Labute approximate surface area is 158 Å². The number of fused-ring (bicyclic) bond motifs is 1. The number of H-pyrrole nitrogens is 1. The van der Waals surface area contributed by atoms with Gasteiger partial charge in [0.2, 0.25) is 5.91 Å². The van der Waals surface area contributed by atoms with E-state index in [-0.39, 0.29) is 17.2 Å². The number of carbonyl (C=O) groups is 2. The van der Waals surface area contributed by atoms with E-state index in [0.717, 1.165) is 17.0 Å². The Kier molecular flexibility index (Phi) is 6.00. The predicted octanol–water partition coefficient (Wildman–Crippen LogP) is 2.42. The summed E-state index contributed by atoms with van der Waals surface area (Å²) in [6, 6.07) is 6.47. The molecule has 0 aliphatic carbocycles. The van der Waals surface area contributed by atoms with Crippen molar-refractivity contribution in [1.29, 1.82) is 0 Å². The van der Waals surface area contributed by atoms with Gasteiger partial charge in [0.05, 0.1) is 23.6 Å². The molecule has 1 aromatic heterocycles. The minimum atomic E-state index is -0.397. The van der Waals surface area contributed by atoms with Gasteiger partial charge in [-0.05, 0) is 31.2 Å². The third-order valence-electron chi connectivity index (χ3n) is 3.58. The molecule has 2 N–H and O–H groups in total. The van der Waals surface area contributed by atoms with Crippen molar-refractivity contribution in [2.24, 2.45) is 0 Å². The number of nitrogens with zero attached hydrogens (tertiary/aromatic N) is 1. The second kappa shape index (κ2) is 8.41. The Bertz CT molecular complexity index is 881. The summed E-state index contributed by atoms with van der Waals surface area (Å²) in [6.45, 7) is 2.05. The zero-order valence-corrected chi connectivity index (χ0v) is 15.7. The quantitative estimate of drug-likeness (QED) is 0.443. The van der Waals surface area contributed by atoms with Crippen LogP contribution in [0.2, 0.25) is 0 Å². The highest BCUT2D eigenvalue weighted by atomic mass is 32.2. The second-order valence-electron chi connectivity index (χ2n) is 5.42. The van der Waals surface area contributed by atoms with E-state index in [1.807, 2.05) is 0 Å². The van der Waals surface area contributed by atoms with Gasteiger partial charge in [0, 0.05) is 22.8 Å². The van der Waals surface area contributed by atoms with Gasteiger partial charge >= 0.3 is 5.97 Å². The number of anilines is 1. The molecule has 136 valence electrons. The van der Waals surface area contributed by atoms with E-state index in [4.69, 9.17) is 4.74 Å². The van der Waals surface area contributed by atoms with Crippen molar-refractivity contribution in [3.63, 3.8) is 0 Å². The van der Waals surface area contributed by atoms with Crippen LogP contribution in [-0.2, 0) is 21.0 Å². The normalized spacial score (nSPS) is 12.5. The molecular formula is C17H17N3O4S2. The number of carbonyl (C=O) groups excluding carboxylic acids is 2. The summed E-state index contributed by atoms with van der Waals surface area (Å²) < 4.78 is 4.91. The second-order valence-corrected chi connectivity index (χ2v) is 7.37. The zero-order valence-electron chi connectivity index (χ0n) is 14.0. The molecule has 0 unspecified atom stereocenters. The number of aromatic amines is 1. The first-order valence-corrected chi connectivity index (χ1v) is 10.1. The number of rotatable bonds is 6. The topological polar surface area (TPSA) is 101 Å². The Morgan fingerprint density at radius 2 is 2.08 bits per heavy atom. The third kappa shape index (κ3) is 4.47. The fraction of sp³-hybridized carbons (Fsp3) is 0.294. The molecule has 3 rings (SSSR count). The molecular weight excluding hydrogens is 374 g/mol. The first-order valence-electron chi connectivity index (χ1n) is 7.96. The smallest absolute Gasteiger partial charge is 0.338 e. The van der Waals surface area contributed by atoms with Crippen LogP contribution in [0.25, 0.3) is 0 Å². The van der Waals surface area contributed by atoms with Crippen molar-refractivity contribution in [3.8, 4) is 0 Å². The van der Waals surface area contributed by atoms with Crippen molar-refractivity contribution < 1.29 is 14.3 Å². The van der Waals surface area contributed by atoms with Crippen molar-refractivity contribution in [3.05, 3.63) is 51.4 Å². The minimum Gasteiger partial charge on any atom is -0.462 e. The number of amides is 1. The molecule has 0 saturated heterocycles. The van der Waals surface area contributed by atoms with Crippen LogP contribution in [-0.4, -0.2) is 34.2 Å². The lowest BCUT2D eigenvalue weighted by Gasteiger charge is -2.07. The lowest BCUT2D eigenvalue weighted by atomic mass is 10.2. The molecule has 26 heavy (non-hydrogen) atoms. The highest BCUT2D eigenvalue weighted by molar-refractivity contribution is 7.99. The summed E-state index contributed by atoms with van der Waals surface area (Å²) in [5.41, 5.74) is 2.41. The van der Waals surface area contributed by atoms with E-state index in [0.29, 0.717) is 28.8 Å².